The molecule has 0 spiro atoms. The Balaban J connectivity index is 3.88. The number of ether oxygens (including phenoxy) is 1. The Labute approximate surface area is 88.6 Å². The van der Waals surface area contributed by atoms with E-state index >= 15 is 0 Å². The third-order valence-electron chi connectivity index (χ3n) is 1.25. The lowest BCUT2D eigenvalue weighted by molar-refractivity contribution is 0.158. The van der Waals surface area contributed by atoms with Crippen LogP contribution in [0.3, 0.4) is 0 Å². The second kappa shape index (κ2) is 7.03. The maximum absolute atomic E-state index is 11.1. The summed E-state index contributed by atoms with van der Waals surface area (Å²) in [6, 6.07) is 1.87. The summed E-state index contributed by atoms with van der Waals surface area (Å²) >= 11 is 0. The highest BCUT2D eigenvalue weighted by Gasteiger charge is 2.13. The molecule has 0 fully saturated rings. The van der Waals surface area contributed by atoms with Crippen LogP contribution in [0, 0.1) is 11.3 Å². The Morgan fingerprint density at radius 2 is 2.20 bits per heavy atom. The van der Waals surface area contributed by atoms with Crippen LogP contribution < -0.4 is 9.44 Å². The highest BCUT2D eigenvalue weighted by atomic mass is 32.2. The summed E-state index contributed by atoms with van der Waals surface area (Å²) in [5, 5.41) is 8.19. The SMILES string of the molecule is CCOC(=O)NS(=O)(=O)NCCCC#N. The van der Waals surface area contributed by atoms with Gasteiger partial charge in [-0.05, 0) is 13.3 Å². The molecule has 86 valence electrons. The molecular weight excluding hydrogens is 222 g/mol. The predicted octanol–water partition coefficient (Wildman–Crippen LogP) is -0.129. The summed E-state index contributed by atoms with van der Waals surface area (Å²) in [6.45, 7) is 1.75. The quantitative estimate of drug-likeness (QED) is 0.623. The van der Waals surface area contributed by atoms with Crippen molar-refractivity contribution in [2.75, 3.05) is 13.2 Å². The van der Waals surface area contributed by atoms with Crippen LogP contribution >= 0.6 is 0 Å². The van der Waals surface area contributed by atoms with Gasteiger partial charge in [-0.1, -0.05) is 0 Å². The average molecular weight is 235 g/mol. The normalized spacial score (nSPS) is 10.4. The second-order valence-electron chi connectivity index (χ2n) is 2.48. The molecule has 0 aromatic heterocycles. The first-order valence-electron chi connectivity index (χ1n) is 4.33. The van der Waals surface area contributed by atoms with Crippen LogP contribution in [0.2, 0.25) is 0 Å². The molecule has 0 atom stereocenters. The van der Waals surface area contributed by atoms with Gasteiger partial charge in [0.1, 0.15) is 0 Å². The molecule has 0 heterocycles. The average Bonchev–Trinajstić information content (AvgIpc) is 2.12. The molecule has 0 saturated carbocycles. The number of carbonyl (C=O) groups excluding carboxylic acids is 1. The summed E-state index contributed by atoms with van der Waals surface area (Å²) in [5.74, 6) is 0. The zero-order valence-corrected chi connectivity index (χ0v) is 9.13. The van der Waals surface area contributed by atoms with Gasteiger partial charge >= 0.3 is 16.3 Å². The number of nitriles is 1. The number of amides is 1. The van der Waals surface area contributed by atoms with Crippen LogP contribution in [0.25, 0.3) is 0 Å². The van der Waals surface area contributed by atoms with Crippen LogP contribution in [0.5, 0.6) is 0 Å². The Morgan fingerprint density at radius 1 is 1.53 bits per heavy atom. The third-order valence-corrected chi connectivity index (χ3v) is 2.27. The largest absolute Gasteiger partial charge is 0.449 e. The Kier molecular flexibility index (Phi) is 6.40. The topological polar surface area (TPSA) is 108 Å². The molecular formula is C7H13N3O4S. The fraction of sp³-hybridized carbons (Fsp3) is 0.714. The van der Waals surface area contributed by atoms with Gasteiger partial charge in [0.15, 0.2) is 0 Å². The van der Waals surface area contributed by atoms with Gasteiger partial charge in [-0.15, -0.1) is 0 Å². The smallest absolute Gasteiger partial charge is 0.421 e. The van der Waals surface area contributed by atoms with Crippen molar-refractivity contribution in [3.63, 3.8) is 0 Å². The molecule has 0 aliphatic heterocycles. The molecule has 0 aliphatic carbocycles. The van der Waals surface area contributed by atoms with Gasteiger partial charge in [-0.3, -0.25) is 0 Å². The minimum absolute atomic E-state index is 0.0930. The Morgan fingerprint density at radius 3 is 2.73 bits per heavy atom. The van der Waals surface area contributed by atoms with Crippen molar-refractivity contribution in [2.24, 2.45) is 0 Å². The van der Waals surface area contributed by atoms with E-state index < -0.39 is 16.3 Å². The molecule has 0 bridgehead atoms. The zero-order chi connectivity index (χ0) is 11.7. The van der Waals surface area contributed by atoms with E-state index in [1.807, 2.05) is 6.07 Å². The van der Waals surface area contributed by atoms with Crippen LogP contribution in [0.4, 0.5) is 4.79 Å². The summed E-state index contributed by atoms with van der Waals surface area (Å²) in [6.07, 6.45) is -0.382. The maximum atomic E-state index is 11.1. The molecule has 2 N–H and O–H groups in total. The van der Waals surface area contributed by atoms with Crippen LogP contribution in [-0.4, -0.2) is 27.7 Å². The fourth-order valence-electron chi connectivity index (χ4n) is 0.680. The van der Waals surface area contributed by atoms with Gasteiger partial charge in [-0.25, -0.2) is 9.52 Å². The standard InChI is InChI=1S/C7H13N3O4S/c1-2-14-7(11)10-15(12,13)9-6-4-3-5-8/h9H,2-4,6H2,1H3,(H,10,11). The molecule has 0 aromatic carbocycles. The third kappa shape index (κ3) is 7.72. The fourth-order valence-corrected chi connectivity index (χ4v) is 1.44. The van der Waals surface area contributed by atoms with Gasteiger partial charge in [0, 0.05) is 13.0 Å². The molecule has 0 saturated heterocycles. The predicted molar refractivity (Wildman–Crippen MR) is 51.9 cm³/mol. The number of rotatable bonds is 6. The van der Waals surface area contributed by atoms with Gasteiger partial charge in [0.25, 0.3) is 0 Å². The lowest BCUT2D eigenvalue weighted by Gasteiger charge is -2.06. The molecule has 0 aromatic rings. The van der Waals surface area contributed by atoms with E-state index in [9.17, 15) is 13.2 Å². The van der Waals surface area contributed by atoms with Crippen molar-refractivity contribution in [3.05, 3.63) is 0 Å². The van der Waals surface area contributed by atoms with Gasteiger partial charge < -0.3 is 4.74 Å². The van der Waals surface area contributed by atoms with Crippen LogP contribution in [0.1, 0.15) is 19.8 Å². The van der Waals surface area contributed by atoms with Crippen molar-refractivity contribution < 1.29 is 17.9 Å². The van der Waals surface area contributed by atoms with Crippen molar-refractivity contribution >= 4 is 16.3 Å². The maximum Gasteiger partial charge on any atom is 0.421 e. The number of nitrogens with one attached hydrogen (secondary N) is 2. The van der Waals surface area contributed by atoms with E-state index in [1.165, 1.54) is 0 Å². The minimum Gasteiger partial charge on any atom is -0.449 e. The minimum atomic E-state index is -3.87. The Hall–Kier alpha value is -1.33. The Bertz CT molecular complexity index is 333. The summed E-state index contributed by atoms with van der Waals surface area (Å²) in [4.78, 5) is 10.7. The van der Waals surface area contributed by atoms with E-state index in [2.05, 4.69) is 9.46 Å². The number of nitrogens with zero attached hydrogens (tertiary/aromatic N) is 1. The number of carbonyl (C=O) groups is 1. The highest BCUT2D eigenvalue weighted by molar-refractivity contribution is 7.88. The van der Waals surface area contributed by atoms with Crippen LogP contribution in [-0.2, 0) is 14.9 Å². The van der Waals surface area contributed by atoms with E-state index in [0.717, 1.165) is 0 Å². The van der Waals surface area contributed by atoms with E-state index in [-0.39, 0.29) is 19.6 Å². The summed E-state index contributed by atoms with van der Waals surface area (Å²) < 4.78 is 30.3. The summed E-state index contributed by atoms with van der Waals surface area (Å²) in [5.41, 5.74) is 0. The molecule has 0 aliphatic rings. The zero-order valence-electron chi connectivity index (χ0n) is 8.32. The lowest BCUT2D eigenvalue weighted by atomic mass is 10.3. The van der Waals surface area contributed by atoms with E-state index in [1.54, 1.807) is 11.6 Å². The highest BCUT2D eigenvalue weighted by Crippen LogP contribution is 1.86. The van der Waals surface area contributed by atoms with Crippen molar-refractivity contribution in [1.82, 2.24) is 9.44 Å². The molecule has 0 unspecified atom stereocenters. The number of unbranched alkanes of at least 4 members (excludes halogenated alkanes) is 1. The van der Waals surface area contributed by atoms with Crippen molar-refractivity contribution in [2.45, 2.75) is 19.8 Å². The first kappa shape index (κ1) is 13.7. The first-order valence-corrected chi connectivity index (χ1v) is 5.81. The molecule has 0 radical (unpaired) electrons. The second-order valence-corrected chi connectivity index (χ2v) is 3.98. The first-order chi connectivity index (χ1) is 7.02. The monoisotopic (exact) mass is 235 g/mol. The molecule has 15 heavy (non-hydrogen) atoms. The number of hydrogen-bond donors (Lipinski definition) is 2. The van der Waals surface area contributed by atoms with Crippen molar-refractivity contribution in [1.29, 1.82) is 5.26 Å². The van der Waals surface area contributed by atoms with E-state index in [4.69, 9.17) is 5.26 Å². The molecule has 7 nitrogen and oxygen atoms in total. The molecule has 8 heteroatoms. The van der Waals surface area contributed by atoms with Gasteiger partial charge in [-0.2, -0.15) is 18.4 Å². The molecule has 1 amide bonds. The van der Waals surface area contributed by atoms with Gasteiger partial charge in [0.2, 0.25) is 0 Å². The molecule has 0 rings (SSSR count). The van der Waals surface area contributed by atoms with Crippen molar-refractivity contribution in [3.8, 4) is 6.07 Å². The van der Waals surface area contributed by atoms with E-state index in [0.29, 0.717) is 6.42 Å². The number of hydrogen-bond acceptors (Lipinski definition) is 5. The summed E-state index contributed by atoms with van der Waals surface area (Å²) in [7, 11) is -3.87. The van der Waals surface area contributed by atoms with Crippen LogP contribution in [0.15, 0.2) is 0 Å². The lowest BCUT2D eigenvalue weighted by Crippen LogP contribution is -2.40. The van der Waals surface area contributed by atoms with Gasteiger partial charge in [0.05, 0.1) is 12.7 Å².